The van der Waals surface area contributed by atoms with Crippen molar-refractivity contribution in [2.24, 2.45) is 0 Å². The number of carbonyl (C=O) groups is 2. The van der Waals surface area contributed by atoms with Crippen LogP contribution in [0.15, 0.2) is 16.5 Å². The number of hydrogen-bond donors (Lipinski definition) is 4. The van der Waals surface area contributed by atoms with Crippen LogP contribution in [0.3, 0.4) is 0 Å². The number of hydrogen-bond acceptors (Lipinski definition) is 4. The molecular weight excluding hydrogens is 252 g/mol. The Bertz CT molecular complexity index is 466. The molecule has 106 valence electrons. The largest absolute Gasteiger partial charge is 0.479 e. The summed E-state index contributed by atoms with van der Waals surface area (Å²) in [5.41, 5.74) is -2.00. The van der Waals surface area contributed by atoms with Gasteiger partial charge < -0.3 is 25.3 Å². The molecule has 2 amide bonds. The smallest absolute Gasteiger partial charge is 0.337 e. The molecule has 19 heavy (non-hydrogen) atoms. The molecule has 0 aromatic carbocycles. The summed E-state index contributed by atoms with van der Waals surface area (Å²) >= 11 is 0. The highest BCUT2D eigenvalue weighted by Gasteiger charge is 2.30. The quantitative estimate of drug-likeness (QED) is 0.632. The second kappa shape index (κ2) is 5.75. The lowest BCUT2D eigenvalue weighted by molar-refractivity contribution is -0.155. The minimum absolute atomic E-state index is 0.358. The van der Waals surface area contributed by atoms with Gasteiger partial charge in [-0.25, -0.2) is 9.59 Å². The first-order chi connectivity index (χ1) is 8.72. The number of amides is 2. The van der Waals surface area contributed by atoms with Crippen LogP contribution in [0.1, 0.15) is 31.4 Å². The van der Waals surface area contributed by atoms with E-state index in [1.807, 2.05) is 0 Å². The van der Waals surface area contributed by atoms with Gasteiger partial charge >= 0.3 is 12.0 Å². The normalized spacial score (nSPS) is 15.4. The Morgan fingerprint density at radius 2 is 2.11 bits per heavy atom. The Labute approximate surface area is 110 Å². The molecule has 0 saturated carbocycles. The zero-order chi connectivity index (χ0) is 14.6. The van der Waals surface area contributed by atoms with Crippen molar-refractivity contribution in [1.82, 2.24) is 10.6 Å². The van der Waals surface area contributed by atoms with Crippen molar-refractivity contribution in [3.05, 3.63) is 23.7 Å². The van der Waals surface area contributed by atoms with E-state index >= 15 is 0 Å². The predicted octanol–water partition coefficient (Wildman–Crippen LogP) is 0.784. The minimum atomic E-state index is -2.00. The number of rotatable bonds is 5. The van der Waals surface area contributed by atoms with Crippen LogP contribution in [-0.2, 0) is 4.79 Å². The molecule has 0 spiro atoms. The first-order valence-electron chi connectivity index (χ1n) is 5.79. The highest BCUT2D eigenvalue weighted by Crippen LogP contribution is 2.15. The molecule has 2 atom stereocenters. The van der Waals surface area contributed by atoms with Crippen molar-refractivity contribution in [2.75, 3.05) is 6.54 Å². The van der Waals surface area contributed by atoms with Crippen LogP contribution < -0.4 is 10.6 Å². The first kappa shape index (κ1) is 15.0. The lowest BCUT2D eigenvalue weighted by atomic mass is 10.1. The van der Waals surface area contributed by atoms with Crippen molar-refractivity contribution in [3.63, 3.8) is 0 Å². The summed E-state index contributed by atoms with van der Waals surface area (Å²) in [5, 5.41) is 23.0. The summed E-state index contributed by atoms with van der Waals surface area (Å²) < 4.78 is 5.34. The van der Waals surface area contributed by atoms with Gasteiger partial charge in [-0.15, -0.1) is 0 Å². The van der Waals surface area contributed by atoms with Crippen molar-refractivity contribution < 1.29 is 24.2 Å². The summed E-state index contributed by atoms with van der Waals surface area (Å²) in [6, 6.07) is 2.58. The molecule has 1 heterocycles. The molecular formula is C12H18N2O5. The van der Waals surface area contributed by atoms with Gasteiger partial charge in [-0.2, -0.15) is 0 Å². The maximum absolute atomic E-state index is 11.5. The van der Waals surface area contributed by atoms with E-state index < -0.39 is 24.1 Å². The van der Waals surface area contributed by atoms with Crippen LogP contribution in [0, 0.1) is 6.92 Å². The van der Waals surface area contributed by atoms with Gasteiger partial charge in [0, 0.05) is 0 Å². The maximum Gasteiger partial charge on any atom is 0.337 e. The molecule has 0 radical (unpaired) electrons. The second-order valence-corrected chi connectivity index (χ2v) is 4.58. The van der Waals surface area contributed by atoms with Gasteiger partial charge in [-0.3, -0.25) is 0 Å². The fourth-order valence-corrected chi connectivity index (χ4v) is 1.33. The summed E-state index contributed by atoms with van der Waals surface area (Å²) in [5.74, 6) is -0.0713. The Kier molecular flexibility index (Phi) is 4.55. The monoisotopic (exact) mass is 270 g/mol. The summed E-state index contributed by atoms with van der Waals surface area (Å²) in [6.45, 7) is 4.24. The highest BCUT2D eigenvalue weighted by atomic mass is 16.4. The average Bonchev–Trinajstić information content (AvgIpc) is 2.73. The van der Waals surface area contributed by atoms with E-state index in [0.717, 1.165) is 12.7 Å². The van der Waals surface area contributed by atoms with Crippen molar-refractivity contribution in [1.29, 1.82) is 0 Å². The molecule has 0 saturated heterocycles. The van der Waals surface area contributed by atoms with Gasteiger partial charge in [0.1, 0.15) is 11.5 Å². The molecule has 0 aliphatic heterocycles. The van der Waals surface area contributed by atoms with Crippen LogP contribution in [0.4, 0.5) is 4.79 Å². The van der Waals surface area contributed by atoms with E-state index in [4.69, 9.17) is 9.52 Å². The summed E-state index contributed by atoms with van der Waals surface area (Å²) in [7, 11) is 0. The number of carboxylic acid groups (broad SMARTS) is 1. The third-order valence-electron chi connectivity index (χ3n) is 2.59. The van der Waals surface area contributed by atoms with E-state index in [9.17, 15) is 14.7 Å². The standard InChI is InChI=1S/C12H18N2O5/c1-7-4-5-9(19-7)8(2)14-11(17)13-6-12(3,18)10(15)16/h4-5,8,18H,6H2,1-3H3,(H,15,16)(H2,13,14,17). The first-order valence-corrected chi connectivity index (χ1v) is 5.79. The molecule has 0 aliphatic carbocycles. The molecule has 0 fully saturated rings. The molecule has 2 unspecified atom stereocenters. The predicted molar refractivity (Wildman–Crippen MR) is 66.7 cm³/mol. The number of nitrogens with one attached hydrogen (secondary N) is 2. The fourth-order valence-electron chi connectivity index (χ4n) is 1.33. The maximum atomic E-state index is 11.5. The van der Waals surface area contributed by atoms with E-state index in [0.29, 0.717) is 5.76 Å². The highest BCUT2D eigenvalue weighted by molar-refractivity contribution is 5.79. The lowest BCUT2D eigenvalue weighted by Crippen LogP contribution is -2.49. The number of furan rings is 1. The summed E-state index contributed by atoms with van der Waals surface area (Å²) in [6.07, 6.45) is 0. The van der Waals surface area contributed by atoms with Gasteiger partial charge in [0.15, 0.2) is 5.60 Å². The van der Waals surface area contributed by atoms with Crippen LogP contribution in [-0.4, -0.2) is 34.4 Å². The van der Waals surface area contributed by atoms with Crippen molar-refractivity contribution in [2.45, 2.75) is 32.4 Å². The van der Waals surface area contributed by atoms with Gasteiger partial charge in [-0.1, -0.05) is 0 Å². The summed E-state index contributed by atoms with van der Waals surface area (Å²) in [4.78, 5) is 22.2. The SMILES string of the molecule is Cc1ccc(C(C)NC(=O)NCC(C)(O)C(=O)O)o1. The van der Waals surface area contributed by atoms with Gasteiger partial charge in [0.2, 0.25) is 0 Å². The Balaban J connectivity index is 2.46. The molecule has 4 N–H and O–H groups in total. The van der Waals surface area contributed by atoms with Crippen LogP contribution in [0.25, 0.3) is 0 Å². The number of aliphatic carboxylic acids is 1. The molecule has 1 rings (SSSR count). The zero-order valence-electron chi connectivity index (χ0n) is 11.1. The number of urea groups is 1. The molecule has 1 aromatic rings. The average molecular weight is 270 g/mol. The number of aliphatic hydroxyl groups is 1. The molecule has 0 bridgehead atoms. The number of carbonyl (C=O) groups excluding carboxylic acids is 1. The third kappa shape index (κ3) is 4.29. The Morgan fingerprint density at radius 3 is 2.58 bits per heavy atom. The third-order valence-corrected chi connectivity index (χ3v) is 2.59. The Morgan fingerprint density at radius 1 is 1.47 bits per heavy atom. The second-order valence-electron chi connectivity index (χ2n) is 4.58. The van der Waals surface area contributed by atoms with Crippen LogP contribution in [0.5, 0.6) is 0 Å². The van der Waals surface area contributed by atoms with Gasteiger partial charge in [0.05, 0.1) is 12.6 Å². The topological polar surface area (TPSA) is 112 Å². The van der Waals surface area contributed by atoms with E-state index in [1.54, 1.807) is 26.0 Å². The minimum Gasteiger partial charge on any atom is -0.479 e. The van der Waals surface area contributed by atoms with E-state index in [-0.39, 0.29) is 6.04 Å². The van der Waals surface area contributed by atoms with Gasteiger partial charge in [-0.05, 0) is 32.9 Å². The Hall–Kier alpha value is -2.02. The molecule has 7 nitrogen and oxygen atoms in total. The number of carboxylic acids is 1. The molecule has 7 heteroatoms. The van der Waals surface area contributed by atoms with E-state index in [2.05, 4.69) is 10.6 Å². The van der Waals surface area contributed by atoms with E-state index in [1.165, 1.54) is 0 Å². The van der Waals surface area contributed by atoms with Gasteiger partial charge in [0.25, 0.3) is 0 Å². The zero-order valence-corrected chi connectivity index (χ0v) is 11.1. The molecule has 1 aromatic heterocycles. The fraction of sp³-hybridized carbons (Fsp3) is 0.500. The van der Waals surface area contributed by atoms with Crippen LogP contribution >= 0.6 is 0 Å². The molecule has 0 aliphatic rings. The van der Waals surface area contributed by atoms with Crippen molar-refractivity contribution >= 4 is 12.0 Å². The number of aryl methyl sites for hydroxylation is 1. The lowest BCUT2D eigenvalue weighted by Gasteiger charge is -2.19. The van der Waals surface area contributed by atoms with Crippen LogP contribution in [0.2, 0.25) is 0 Å². The van der Waals surface area contributed by atoms with Crippen molar-refractivity contribution in [3.8, 4) is 0 Å².